The molecule has 0 saturated carbocycles. The zero-order chi connectivity index (χ0) is 12.8. The van der Waals surface area contributed by atoms with Gasteiger partial charge in [-0.3, -0.25) is 0 Å². The Kier molecular flexibility index (Phi) is 4.30. The molecule has 6 nitrogen and oxygen atoms in total. The third kappa shape index (κ3) is 3.30. The number of thiophene rings is 1. The Balaban J connectivity index is 2.08. The third-order valence-corrected chi connectivity index (χ3v) is 2.89. The summed E-state index contributed by atoms with van der Waals surface area (Å²) in [4.78, 5) is 13.3. The number of nitrogens with zero attached hydrogens (tertiary/aromatic N) is 3. The van der Waals surface area contributed by atoms with Gasteiger partial charge in [0.25, 0.3) is 0 Å². The summed E-state index contributed by atoms with van der Waals surface area (Å²) in [6, 6.07) is 4.46. The van der Waals surface area contributed by atoms with Gasteiger partial charge in [0, 0.05) is 11.4 Å². The smallest absolute Gasteiger partial charge is 0.324 e. The molecule has 2 aromatic rings. The summed E-state index contributed by atoms with van der Waals surface area (Å²) < 4.78 is 10.5. The monoisotopic (exact) mass is 266 g/mol. The highest BCUT2D eigenvalue weighted by Gasteiger charge is 2.07. The van der Waals surface area contributed by atoms with Crippen molar-refractivity contribution >= 4 is 17.3 Å². The molecule has 2 aromatic heterocycles. The molecule has 0 amide bonds. The number of hydrogen-bond donors (Lipinski definition) is 1. The van der Waals surface area contributed by atoms with Crippen molar-refractivity contribution in [3.05, 3.63) is 22.4 Å². The van der Waals surface area contributed by atoms with Crippen LogP contribution in [-0.2, 0) is 6.61 Å². The van der Waals surface area contributed by atoms with E-state index in [1.807, 2.05) is 24.4 Å². The van der Waals surface area contributed by atoms with E-state index in [-0.39, 0.29) is 12.0 Å². The van der Waals surface area contributed by atoms with E-state index in [1.165, 1.54) is 7.11 Å². The number of ether oxygens (including phenoxy) is 2. The molecule has 1 N–H and O–H groups in total. The Morgan fingerprint density at radius 3 is 2.78 bits per heavy atom. The zero-order valence-corrected chi connectivity index (χ0v) is 11.0. The van der Waals surface area contributed by atoms with Gasteiger partial charge in [0.2, 0.25) is 5.95 Å². The summed E-state index contributed by atoms with van der Waals surface area (Å²) in [5.41, 5.74) is 0. The van der Waals surface area contributed by atoms with Gasteiger partial charge in [0.1, 0.15) is 6.61 Å². The number of aromatic nitrogens is 3. The second-order valence-electron chi connectivity index (χ2n) is 3.33. The summed E-state index contributed by atoms with van der Waals surface area (Å²) in [5, 5.41) is 4.99. The van der Waals surface area contributed by atoms with Crippen LogP contribution in [0.3, 0.4) is 0 Å². The first kappa shape index (κ1) is 12.6. The maximum Gasteiger partial charge on any atom is 0.324 e. The van der Waals surface area contributed by atoms with Crippen molar-refractivity contribution in [3.63, 3.8) is 0 Å². The highest BCUT2D eigenvalue weighted by molar-refractivity contribution is 7.09. The van der Waals surface area contributed by atoms with E-state index in [0.29, 0.717) is 12.6 Å². The minimum atomic E-state index is 0.238. The summed E-state index contributed by atoms with van der Waals surface area (Å²) in [5.74, 6) is 0.450. The largest absolute Gasteiger partial charge is 0.467 e. The summed E-state index contributed by atoms with van der Waals surface area (Å²) in [6.07, 6.45) is 0. The fraction of sp³-hybridized carbons (Fsp3) is 0.364. The van der Waals surface area contributed by atoms with E-state index in [9.17, 15) is 0 Å². The van der Waals surface area contributed by atoms with E-state index >= 15 is 0 Å². The molecular weight excluding hydrogens is 252 g/mol. The molecule has 0 aromatic carbocycles. The molecule has 0 unspecified atom stereocenters. The van der Waals surface area contributed by atoms with Gasteiger partial charge in [-0.25, -0.2) is 0 Å². The molecule has 2 rings (SSSR count). The molecule has 0 atom stereocenters. The van der Waals surface area contributed by atoms with Crippen molar-refractivity contribution in [2.45, 2.75) is 13.5 Å². The van der Waals surface area contributed by atoms with Crippen LogP contribution in [0.25, 0.3) is 0 Å². The Morgan fingerprint density at radius 1 is 1.28 bits per heavy atom. The highest BCUT2D eigenvalue weighted by Crippen LogP contribution is 2.15. The van der Waals surface area contributed by atoms with Gasteiger partial charge in [-0.2, -0.15) is 9.97 Å². The zero-order valence-electron chi connectivity index (χ0n) is 10.2. The lowest BCUT2D eigenvalue weighted by atomic mass is 10.5. The minimum Gasteiger partial charge on any atom is -0.467 e. The van der Waals surface area contributed by atoms with Crippen LogP contribution in [0, 0.1) is 0 Å². The van der Waals surface area contributed by atoms with Crippen molar-refractivity contribution in [1.82, 2.24) is 15.0 Å². The summed E-state index contributed by atoms with van der Waals surface area (Å²) in [6.45, 7) is 3.12. The maximum atomic E-state index is 5.51. The van der Waals surface area contributed by atoms with Crippen LogP contribution in [0.4, 0.5) is 5.95 Å². The predicted molar refractivity (Wildman–Crippen MR) is 69.2 cm³/mol. The minimum absolute atomic E-state index is 0.238. The van der Waals surface area contributed by atoms with Crippen molar-refractivity contribution in [2.24, 2.45) is 0 Å². The molecule has 96 valence electrons. The van der Waals surface area contributed by atoms with Gasteiger partial charge in [-0.05, 0) is 18.4 Å². The molecule has 18 heavy (non-hydrogen) atoms. The third-order valence-electron chi connectivity index (χ3n) is 2.04. The van der Waals surface area contributed by atoms with Crippen LogP contribution >= 0.6 is 11.3 Å². The van der Waals surface area contributed by atoms with E-state index in [4.69, 9.17) is 9.47 Å². The lowest BCUT2D eigenvalue weighted by Gasteiger charge is -2.07. The number of hydrogen-bond acceptors (Lipinski definition) is 7. The van der Waals surface area contributed by atoms with Crippen LogP contribution in [0.15, 0.2) is 17.5 Å². The first-order valence-electron chi connectivity index (χ1n) is 5.51. The van der Waals surface area contributed by atoms with Crippen molar-refractivity contribution in [1.29, 1.82) is 0 Å². The Labute approximate surface area is 109 Å². The standard InChI is InChI=1S/C11H14N4O2S/c1-3-12-9-13-10(16-2)15-11(14-9)17-7-8-5-4-6-18-8/h4-6H,3,7H2,1-2H3,(H,12,13,14,15). The number of nitrogens with one attached hydrogen (secondary N) is 1. The summed E-state index contributed by atoms with van der Waals surface area (Å²) >= 11 is 1.62. The SMILES string of the molecule is CCNc1nc(OC)nc(OCc2cccs2)n1. The maximum absolute atomic E-state index is 5.51. The molecule has 0 saturated heterocycles. The fourth-order valence-electron chi connectivity index (χ4n) is 1.26. The molecule has 0 aliphatic rings. The lowest BCUT2D eigenvalue weighted by molar-refractivity contribution is 0.274. The Bertz CT molecular complexity index is 490. The Morgan fingerprint density at radius 2 is 2.11 bits per heavy atom. The lowest BCUT2D eigenvalue weighted by Crippen LogP contribution is -2.07. The fourth-order valence-corrected chi connectivity index (χ4v) is 1.88. The average Bonchev–Trinajstić information content (AvgIpc) is 2.89. The van der Waals surface area contributed by atoms with Gasteiger partial charge < -0.3 is 14.8 Å². The van der Waals surface area contributed by atoms with Crippen LogP contribution in [-0.4, -0.2) is 28.6 Å². The van der Waals surface area contributed by atoms with Crippen molar-refractivity contribution in [3.8, 4) is 12.0 Å². The molecule has 7 heteroatoms. The predicted octanol–water partition coefficient (Wildman–Crippen LogP) is 1.95. The number of rotatable bonds is 6. The first-order chi connectivity index (χ1) is 8.81. The van der Waals surface area contributed by atoms with Crippen molar-refractivity contribution in [2.75, 3.05) is 19.0 Å². The number of anilines is 1. The van der Waals surface area contributed by atoms with Gasteiger partial charge in [0.05, 0.1) is 7.11 Å². The normalized spacial score (nSPS) is 10.1. The van der Waals surface area contributed by atoms with E-state index < -0.39 is 0 Å². The van der Waals surface area contributed by atoms with Gasteiger partial charge in [-0.15, -0.1) is 16.3 Å². The first-order valence-corrected chi connectivity index (χ1v) is 6.39. The summed E-state index contributed by atoms with van der Waals surface area (Å²) in [7, 11) is 1.51. The van der Waals surface area contributed by atoms with Gasteiger partial charge in [0.15, 0.2) is 0 Å². The highest BCUT2D eigenvalue weighted by atomic mass is 32.1. The topological polar surface area (TPSA) is 69.2 Å². The van der Waals surface area contributed by atoms with E-state index in [2.05, 4.69) is 20.3 Å². The molecule has 0 aliphatic heterocycles. The van der Waals surface area contributed by atoms with E-state index in [0.717, 1.165) is 11.4 Å². The van der Waals surface area contributed by atoms with Crippen LogP contribution in [0.1, 0.15) is 11.8 Å². The van der Waals surface area contributed by atoms with Crippen LogP contribution < -0.4 is 14.8 Å². The second-order valence-corrected chi connectivity index (χ2v) is 4.36. The molecular formula is C11H14N4O2S. The van der Waals surface area contributed by atoms with E-state index in [1.54, 1.807) is 11.3 Å². The van der Waals surface area contributed by atoms with Crippen LogP contribution in [0.5, 0.6) is 12.0 Å². The molecule has 2 heterocycles. The molecule has 0 radical (unpaired) electrons. The molecule has 0 fully saturated rings. The molecule has 0 aliphatic carbocycles. The van der Waals surface area contributed by atoms with Gasteiger partial charge in [-0.1, -0.05) is 6.07 Å². The quantitative estimate of drug-likeness (QED) is 0.862. The van der Waals surface area contributed by atoms with Gasteiger partial charge >= 0.3 is 12.0 Å². The number of methoxy groups -OCH3 is 1. The average molecular weight is 266 g/mol. The second kappa shape index (κ2) is 6.15. The Hall–Kier alpha value is -1.89. The van der Waals surface area contributed by atoms with Crippen molar-refractivity contribution < 1.29 is 9.47 Å². The van der Waals surface area contributed by atoms with Crippen LogP contribution in [0.2, 0.25) is 0 Å². The molecule has 0 bridgehead atoms. The molecule has 0 spiro atoms.